The van der Waals surface area contributed by atoms with E-state index in [0.717, 1.165) is 30.2 Å². The molecule has 0 spiro atoms. The Labute approximate surface area is 173 Å². The fourth-order valence-electron chi connectivity index (χ4n) is 3.44. The van der Waals surface area contributed by atoms with Crippen molar-refractivity contribution in [2.24, 2.45) is 0 Å². The first-order valence-electron chi connectivity index (χ1n) is 9.81. The highest BCUT2D eigenvalue weighted by Crippen LogP contribution is 2.22. The van der Waals surface area contributed by atoms with E-state index in [2.05, 4.69) is 20.4 Å². The third-order valence-corrected chi connectivity index (χ3v) is 5.06. The van der Waals surface area contributed by atoms with Crippen LogP contribution in [-0.2, 0) is 11.2 Å². The fourth-order valence-corrected chi connectivity index (χ4v) is 3.44. The van der Waals surface area contributed by atoms with E-state index in [-0.39, 0.29) is 18.0 Å². The van der Waals surface area contributed by atoms with Gasteiger partial charge < -0.3 is 10.2 Å². The van der Waals surface area contributed by atoms with Crippen LogP contribution >= 0.6 is 0 Å². The van der Waals surface area contributed by atoms with Gasteiger partial charge in [-0.2, -0.15) is 0 Å². The quantitative estimate of drug-likeness (QED) is 0.496. The summed E-state index contributed by atoms with van der Waals surface area (Å²) in [6.45, 7) is 2.06. The third kappa shape index (κ3) is 4.60. The van der Waals surface area contributed by atoms with Crippen LogP contribution < -0.4 is 10.2 Å². The molecule has 1 amide bonds. The first-order chi connectivity index (χ1) is 14.6. The number of aromatic nitrogens is 2. The predicted molar refractivity (Wildman–Crippen MR) is 114 cm³/mol. The number of hydrogen-bond acceptors (Lipinski definition) is 6. The summed E-state index contributed by atoms with van der Waals surface area (Å²) in [5, 5.41) is 22.2. The number of hydrogen-bond donors (Lipinski definition) is 1. The van der Waals surface area contributed by atoms with Gasteiger partial charge in [-0.25, -0.2) is 0 Å². The Bertz CT molecular complexity index is 1030. The average molecular weight is 403 g/mol. The molecule has 2 heterocycles. The molecule has 3 aromatic rings. The third-order valence-electron chi connectivity index (χ3n) is 5.06. The molecule has 1 aliphatic rings. The van der Waals surface area contributed by atoms with Crippen molar-refractivity contribution in [1.82, 2.24) is 10.2 Å². The van der Waals surface area contributed by atoms with Gasteiger partial charge in [0.2, 0.25) is 5.91 Å². The van der Waals surface area contributed by atoms with E-state index < -0.39 is 4.92 Å². The van der Waals surface area contributed by atoms with Gasteiger partial charge in [0.15, 0.2) is 5.82 Å². The van der Waals surface area contributed by atoms with Crippen LogP contribution in [0.2, 0.25) is 0 Å². The Hall–Kier alpha value is -3.81. The minimum Gasteiger partial charge on any atom is -0.355 e. The molecule has 0 radical (unpaired) electrons. The number of rotatable bonds is 6. The first-order valence-corrected chi connectivity index (χ1v) is 9.81. The molecule has 30 heavy (non-hydrogen) atoms. The first kappa shape index (κ1) is 19.5. The second-order valence-electron chi connectivity index (χ2n) is 7.20. The number of carbonyl (C=O) groups is 1. The number of non-ortho nitro benzene ring substituents is 1. The fraction of sp³-hybridized carbons (Fsp3) is 0.227. The van der Waals surface area contributed by atoms with Crippen LogP contribution in [-0.4, -0.2) is 34.1 Å². The average Bonchev–Trinajstić information content (AvgIpc) is 3.30. The van der Waals surface area contributed by atoms with Crippen molar-refractivity contribution >= 4 is 23.1 Å². The number of benzene rings is 2. The number of nitro benzene ring substituents is 1. The van der Waals surface area contributed by atoms with Crippen molar-refractivity contribution in [3.8, 4) is 11.3 Å². The lowest BCUT2D eigenvalue weighted by molar-refractivity contribution is -0.384. The van der Waals surface area contributed by atoms with Gasteiger partial charge in [-0.1, -0.05) is 24.3 Å². The highest BCUT2D eigenvalue weighted by atomic mass is 16.6. The van der Waals surface area contributed by atoms with Crippen LogP contribution in [0.25, 0.3) is 11.3 Å². The summed E-state index contributed by atoms with van der Waals surface area (Å²) in [6.07, 6.45) is 2.53. The molecule has 1 fully saturated rings. The number of nitrogens with one attached hydrogen (secondary N) is 1. The molecule has 1 N–H and O–H groups in total. The van der Waals surface area contributed by atoms with Gasteiger partial charge in [0, 0.05) is 36.5 Å². The van der Waals surface area contributed by atoms with Gasteiger partial charge in [0.05, 0.1) is 17.0 Å². The zero-order valence-corrected chi connectivity index (χ0v) is 16.3. The Morgan fingerprint density at radius 3 is 2.27 bits per heavy atom. The number of anilines is 2. The number of nitro groups is 1. The van der Waals surface area contributed by atoms with Crippen molar-refractivity contribution < 1.29 is 9.72 Å². The Morgan fingerprint density at radius 2 is 1.67 bits per heavy atom. The summed E-state index contributed by atoms with van der Waals surface area (Å²) in [5.41, 5.74) is 3.09. The SMILES string of the molecule is O=C(Cc1ccc([N+](=O)[O-])cc1)Nc1ccc(-c2ccc(N3CCCC3)nn2)cc1. The molecular formula is C22H21N5O3. The molecule has 0 bridgehead atoms. The molecule has 0 saturated carbocycles. The maximum atomic E-state index is 12.2. The second-order valence-corrected chi connectivity index (χ2v) is 7.20. The molecule has 2 aromatic carbocycles. The summed E-state index contributed by atoms with van der Waals surface area (Å²) >= 11 is 0. The summed E-state index contributed by atoms with van der Waals surface area (Å²) in [5.74, 6) is 0.720. The maximum Gasteiger partial charge on any atom is 0.269 e. The number of nitrogens with zero attached hydrogens (tertiary/aromatic N) is 4. The zero-order valence-electron chi connectivity index (χ0n) is 16.3. The smallest absolute Gasteiger partial charge is 0.269 e. The molecule has 1 aromatic heterocycles. The number of amides is 1. The van der Waals surface area contributed by atoms with E-state index >= 15 is 0 Å². The maximum absolute atomic E-state index is 12.2. The van der Waals surface area contributed by atoms with E-state index in [1.165, 1.54) is 25.0 Å². The van der Waals surface area contributed by atoms with Crippen LogP contribution in [0.5, 0.6) is 0 Å². The molecule has 1 aliphatic heterocycles. The van der Waals surface area contributed by atoms with Crippen LogP contribution in [0, 0.1) is 10.1 Å². The summed E-state index contributed by atoms with van der Waals surface area (Å²) in [7, 11) is 0. The molecule has 4 rings (SSSR count). The van der Waals surface area contributed by atoms with Gasteiger partial charge in [-0.3, -0.25) is 14.9 Å². The molecule has 0 aliphatic carbocycles. The van der Waals surface area contributed by atoms with Crippen molar-refractivity contribution in [3.63, 3.8) is 0 Å². The Balaban J connectivity index is 1.36. The predicted octanol–water partition coefficient (Wildman–Crippen LogP) is 3.83. The largest absolute Gasteiger partial charge is 0.355 e. The van der Waals surface area contributed by atoms with Crippen LogP contribution in [0.1, 0.15) is 18.4 Å². The van der Waals surface area contributed by atoms with E-state index in [1.54, 1.807) is 12.1 Å². The minimum absolute atomic E-state index is 0.00584. The molecule has 1 saturated heterocycles. The standard InChI is InChI=1S/C22H21N5O3/c28-22(15-16-3-9-19(10-4-16)27(29)30)23-18-7-5-17(6-8-18)20-11-12-21(25-24-20)26-13-1-2-14-26/h3-12H,1-2,13-15H2,(H,23,28). The lowest BCUT2D eigenvalue weighted by atomic mass is 10.1. The summed E-state index contributed by atoms with van der Waals surface area (Å²) < 4.78 is 0. The second kappa shape index (κ2) is 8.69. The highest BCUT2D eigenvalue weighted by Gasteiger charge is 2.14. The van der Waals surface area contributed by atoms with Crippen molar-refractivity contribution in [2.45, 2.75) is 19.3 Å². The lowest BCUT2D eigenvalue weighted by Crippen LogP contribution is -2.19. The van der Waals surface area contributed by atoms with E-state index in [9.17, 15) is 14.9 Å². The van der Waals surface area contributed by atoms with Gasteiger partial charge in [-0.15, -0.1) is 10.2 Å². The van der Waals surface area contributed by atoms with E-state index in [0.29, 0.717) is 11.3 Å². The molecule has 152 valence electrons. The van der Waals surface area contributed by atoms with Crippen LogP contribution in [0.15, 0.2) is 60.7 Å². The highest BCUT2D eigenvalue weighted by molar-refractivity contribution is 5.92. The molecule has 8 heteroatoms. The van der Waals surface area contributed by atoms with Gasteiger partial charge >= 0.3 is 0 Å². The molecule has 8 nitrogen and oxygen atoms in total. The molecular weight excluding hydrogens is 382 g/mol. The monoisotopic (exact) mass is 403 g/mol. The summed E-state index contributed by atoms with van der Waals surface area (Å²) in [6, 6.07) is 17.3. The van der Waals surface area contributed by atoms with Gasteiger partial charge in [0.25, 0.3) is 5.69 Å². The summed E-state index contributed by atoms with van der Waals surface area (Å²) in [4.78, 5) is 24.7. The molecule has 0 atom stereocenters. The minimum atomic E-state index is -0.463. The van der Waals surface area contributed by atoms with Crippen molar-refractivity contribution in [1.29, 1.82) is 0 Å². The Kier molecular flexibility index (Phi) is 5.65. The van der Waals surface area contributed by atoms with Crippen molar-refractivity contribution in [2.75, 3.05) is 23.3 Å². The zero-order chi connectivity index (χ0) is 20.9. The van der Waals surface area contributed by atoms with Crippen molar-refractivity contribution in [3.05, 3.63) is 76.3 Å². The van der Waals surface area contributed by atoms with E-state index in [4.69, 9.17) is 0 Å². The lowest BCUT2D eigenvalue weighted by Gasteiger charge is -2.15. The topological polar surface area (TPSA) is 101 Å². The Morgan fingerprint density at radius 1 is 0.967 bits per heavy atom. The number of carbonyl (C=O) groups excluding carboxylic acids is 1. The van der Waals surface area contributed by atoms with Crippen LogP contribution in [0.4, 0.5) is 17.2 Å². The van der Waals surface area contributed by atoms with Crippen LogP contribution in [0.3, 0.4) is 0 Å². The van der Waals surface area contributed by atoms with Gasteiger partial charge in [-0.05, 0) is 42.7 Å². The normalized spacial score (nSPS) is 13.3. The van der Waals surface area contributed by atoms with E-state index in [1.807, 2.05) is 36.4 Å². The molecule has 0 unspecified atom stereocenters. The van der Waals surface area contributed by atoms with Gasteiger partial charge in [0.1, 0.15) is 0 Å².